The van der Waals surface area contributed by atoms with E-state index >= 15 is 0 Å². The Morgan fingerprint density at radius 2 is 2.35 bits per heavy atom. The number of carbonyl (C=O) groups excluding carboxylic acids is 1. The van der Waals surface area contributed by atoms with Gasteiger partial charge in [-0.05, 0) is 31.5 Å². The van der Waals surface area contributed by atoms with Gasteiger partial charge in [0.15, 0.2) is 0 Å². The van der Waals surface area contributed by atoms with Crippen molar-refractivity contribution in [3.8, 4) is 0 Å². The summed E-state index contributed by atoms with van der Waals surface area (Å²) in [5.41, 5.74) is 4.14. The van der Waals surface area contributed by atoms with Crippen LogP contribution in [0.3, 0.4) is 0 Å². The summed E-state index contributed by atoms with van der Waals surface area (Å²) in [6.45, 7) is 3.92. The second-order valence-electron chi connectivity index (χ2n) is 3.55. The van der Waals surface area contributed by atoms with E-state index in [9.17, 15) is 4.79 Å². The van der Waals surface area contributed by atoms with Crippen molar-refractivity contribution < 1.29 is 9.21 Å². The first-order valence-corrected chi connectivity index (χ1v) is 5.98. The quantitative estimate of drug-likeness (QED) is 0.670. The number of nitrogens with one attached hydrogen (secondary N) is 1. The summed E-state index contributed by atoms with van der Waals surface area (Å²) >= 11 is 1.56. The first-order valence-electron chi connectivity index (χ1n) is 5.10. The molecule has 4 nitrogen and oxygen atoms in total. The molecule has 0 aliphatic heterocycles. The zero-order valence-electron chi connectivity index (χ0n) is 9.56. The summed E-state index contributed by atoms with van der Waals surface area (Å²) in [5, 5.41) is 5.66. The summed E-state index contributed by atoms with van der Waals surface area (Å²) < 4.78 is 5.05. The van der Waals surface area contributed by atoms with Crippen molar-refractivity contribution in [2.24, 2.45) is 5.10 Å². The van der Waals surface area contributed by atoms with Gasteiger partial charge in [0.05, 0.1) is 18.0 Å². The number of hydrazone groups is 1. The maximum absolute atomic E-state index is 11.8. The van der Waals surface area contributed by atoms with E-state index in [1.807, 2.05) is 19.2 Å². The molecule has 0 aliphatic rings. The molecule has 1 N–H and O–H groups in total. The molecule has 1 amide bonds. The van der Waals surface area contributed by atoms with Crippen LogP contribution in [0.25, 0.3) is 0 Å². The fourth-order valence-corrected chi connectivity index (χ4v) is 2.18. The monoisotopic (exact) mass is 248 g/mol. The average Bonchev–Trinajstić information content (AvgIpc) is 2.91. The van der Waals surface area contributed by atoms with Gasteiger partial charge < -0.3 is 4.42 Å². The number of furan rings is 1. The summed E-state index contributed by atoms with van der Waals surface area (Å²) in [4.78, 5) is 12.9. The zero-order valence-corrected chi connectivity index (χ0v) is 10.4. The van der Waals surface area contributed by atoms with Crippen molar-refractivity contribution in [1.82, 2.24) is 5.43 Å². The molecule has 0 saturated carbocycles. The van der Waals surface area contributed by atoms with E-state index in [1.54, 1.807) is 29.7 Å². The Bertz CT molecular complexity index is 541. The van der Waals surface area contributed by atoms with Gasteiger partial charge in [-0.1, -0.05) is 0 Å². The van der Waals surface area contributed by atoms with Crippen LogP contribution in [0.2, 0.25) is 0 Å². The molecular formula is C12H12N2O2S. The molecule has 2 aromatic rings. The van der Waals surface area contributed by atoms with Gasteiger partial charge in [0.1, 0.15) is 5.76 Å². The van der Waals surface area contributed by atoms with Crippen LogP contribution in [0, 0.1) is 13.8 Å². The predicted octanol–water partition coefficient (Wildman–Crippen LogP) is 2.72. The van der Waals surface area contributed by atoms with Crippen LogP contribution in [0.1, 0.15) is 26.6 Å². The Labute approximate surface area is 103 Å². The van der Waals surface area contributed by atoms with E-state index in [0.717, 1.165) is 10.4 Å². The van der Waals surface area contributed by atoms with Crippen molar-refractivity contribution >= 4 is 23.5 Å². The van der Waals surface area contributed by atoms with Crippen LogP contribution < -0.4 is 5.43 Å². The molecule has 0 aliphatic carbocycles. The van der Waals surface area contributed by atoms with Crippen molar-refractivity contribution in [2.75, 3.05) is 0 Å². The minimum absolute atomic E-state index is 0.199. The molecule has 0 saturated heterocycles. The van der Waals surface area contributed by atoms with Crippen LogP contribution in [0.15, 0.2) is 33.3 Å². The predicted molar refractivity (Wildman–Crippen MR) is 67.6 cm³/mol. The van der Waals surface area contributed by atoms with Crippen molar-refractivity contribution in [2.45, 2.75) is 13.8 Å². The summed E-state index contributed by atoms with van der Waals surface area (Å²) in [6.07, 6.45) is 3.02. The lowest BCUT2D eigenvalue weighted by atomic mass is 10.2. The first-order chi connectivity index (χ1) is 8.18. The summed E-state index contributed by atoms with van der Waals surface area (Å²) in [5.74, 6) is 0.401. The van der Waals surface area contributed by atoms with Gasteiger partial charge in [-0.3, -0.25) is 4.79 Å². The molecule has 2 rings (SSSR count). The largest absolute Gasteiger partial charge is 0.463 e. The minimum atomic E-state index is -0.199. The van der Waals surface area contributed by atoms with Gasteiger partial charge in [0, 0.05) is 10.3 Å². The van der Waals surface area contributed by atoms with Gasteiger partial charge in [-0.2, -0.15) is 5.10 Å². The van der Waals surface area contributed by atoms with Crippen LogP contribution >= 0.6 is 11.3 Å². The van der Waals surface area contributed by atoms with Gasteiger partial charge in [-0.25, -0.2) is 5.43 Å². The highest BCUT2D eigenvalue weighted by molar-refractivity contribution is 7.10. The summed E-state index contributed by atoms with van der Waals surface area (Å²) in [7, 11) is 0. The molecule has 2 aromatic heterocycles. The lowest BCUT2D eigenvalue weighted by Crippen LogP contribution is -2.17. The fraction of sp³-hybridized carbons (Fsp3) is 0.167. The Balaban J connectivity index is 2.01. The van der Waals surface area contributed by atoms with Gasteiger partial charge >= 0.3 is 0 Å². The first kappa shape index (κ1) is 11.6. The molecule has 88 valence electrons. The average molecular weight is 248 g/mol. The molecule has 0 spiro atoms. The van der Waals surface area contributed by atoms with E-state index in [-0.39, 0.29) is 5.91 Å². The SMILES string of the molecule is Cc1scc(C(=O)N/N=C\c2ccco2)c1C. The van der Waals surface area contributed by atoms with Crippen LogP contribution in [-0.2, 0) is 0 Å². The van der Waals surface area contributed by atoms with E-state index < -0.39 is 0 Å². The van der Waals surface area contributed by atoms with E-state index in [1.165, 1.54) is 6.21 Å². The number of thiophene rings is 1. The fourth-order valence-electron chi connectivity index (χ4n) is 1.32. The van der Waals surface area contributed by atoms with E-state index in [4.69, 9.17) is 4.42 Å². The molecule has 0 radical (unpaired) electrons. The third-order valence-electron chi connectivity index (χ3n) is 2.43. The molecular weight excluding hydrogens is 236 g/mol. The van der Waals surface area contributed by atoms with Crippen molar-refractivity contribution in [1.29, 1.82) is 0 Å². The smallest absolute Gasteiger partial charge is 0.272 e. The van der Waals surface area contributed by atoms with Crippen LogP contribution in [0.4, 0.5) is 0 Å². The molecule has 2 heterocycles. The van der Waals surface area contributed by atoms with E-state index in [0.29, 0.717) is 11.3 Å². The van der Waals surface area contributed by atoms with Gasteiger partial charge in [0.25, 0.3) is 5.91 Å². The lowest BCUT2D eigenvalue weighted by Gasteiger charge is -1.98. The standard InChI is InChI=1S/C12H12N2O2S/c1-8-9(2)17-7-11(8)12(15)14-13-6-10-4-3-5-16-10/h3-7H,1-2H3,(H,14,15)/b13-6-. The van der Waals surface area contributed by atoms with E-state index in [2.05, 4.69) is 10.5 Å². The second kappa shape index (κ2) is 4.97. The summed E-state index contributed by atoms with van der Waals surface area (Å²) in [6, 6.07) is 3.52. The van der Waals surface area contributed by atoms with Crippen molar-refractivity contribution in [3.05, 3.63) is 45.5 Å². The third-order valence-corrected chi connectivity index (χ3v) is 3.44. The maximum atomic E-state index is 11.8. The Morgan fingerprint density at radius 1 is 1.53 bits per heavy atom. The topological polar surface area (TPSA) is 54.6 Å². The number of amides is 1. The highest BCUT2D eigenvalue weighted by Crippen LogP contribution is 2.20. The van der Waals surface area contributed by atoms with Gasteiger partial charge in [-0.15, -0.1) is 11.3 Å². The maximum Gasteiger partial charge on any atom is 0.272 e. The number of aryl methyl sites for hydroxylation is 1. The van der Waals surface area contributed by atoms with Crippen molar-refractivity contribution in [3.63, 3.8) is 0 Å². The molecule has 0 fully saturated rings. The lowest BCUT2D eigenvalue weighted by molar-refractivity contribution is 0.0955. The molecule has 17 heavy (non-hydrogen) atoms. The zero-order chi connectivity index (χ0) is 12.3. The van der Waals surface area contributed by atoms with Gasteiger partial charge in [0.2, 0.25) is 0 Å². The molecule has 0 atom stereocenters. The number of carbonyl (C=O) groups is 1. The number of hydrogen-bond donors (Lipinski definition) is 1. The number of hydrogen-bond acceptors (Lipinski definition) is 4. The van der Waals surface area contributed by atoms with Crippen LogP contribution in [-0.4, -0.2) is 12.1 Å². The third kappa shape index (κ3) is 2.62. The molecule has 0 aromatic carbocycles. The highest BCUT2D eigenvalue weighted by Gasteiger charge is 2.11. The normalized spacial score (nSPS) is 10.9. The second-order valence-corrected chi connectivity index (χ2v) is 4.63. The Morgan fingerprint density at radius 3 is 2.94 bits per heavy atom. The molecule has 0 unspecified atom stereocenters. The molecule has 5 heteroatoms. The highest BCUT2D eigenvalue weighted by atomic mass is 32.1. The van der Waals surface area contributed by atoms with Crippen LogP contribution in [0.5, 0.6) is 0 Å². The minimum Gasteiger partial charge on any atom is -0.463 e. The Kier molecular flexibility index (Phi) is 3.39. The number of nitrogens with zero attached hydrogens (tertiary/aromatic N) is 1. The molecule has 0 bridgehead atoms. The Hall–Kier alpha value is -1.88. The number of rotatable bonds is 3.